The molecule has 0 aromatic heterocycles. The molecule has 0 fully saturated rings. The Labute approximate surface area is 230 Å². The summed E-state index contributed by atoms with van der Waals surface area (Å²) in [6, 6.07) is 24.0. The first kappa shape index (κ1) is 29.2. The average Bonchev–Trinajstić information content (AvgIpc) is 2.90. The van der Waals surface area contributed by atoms with Gasteiger partial charge in [-0.3, -0.25) is 13.9 Å². The number of sulfonamides is 1. The van der Waals surface area contributed by atoms with Gasteiger partial charge in [0.25, 0.3) is 0 Å². The minimum absolute atomic E-state index is 0.0925. The molecule has 7 nitrogen and oxygen atoms in total. The molecule has 202 valence electrons. The second kappa shape index (κ2) is 13.4. The number of hydrogen-bond donors (Lipinski definition) is 1. The standard InChI is InChI=1S/C29H34ClN3O4S/c1-4-22(2)31-29(35)27(19-23-11-7-5-8-12-23)32(20-24-15-17-25(30)18-16-24)28(34)21-33(38(3,36)37)26-13-9-6-10-14-26/h5-18,22,27H,4,19-21H2,1-3H3,(H,31,35)/t22-,27+/m0/s1. The molecule has 38 heavy (non-hydrogen) atoms. The van der Waals surface area contributed by atoms with Gasteiger partial charge in [0.1, 0.15) is 12.6 Å². The van der Waals surface area contributed by atoms with E-state index in [1.807, 2.05) is 44.2 Å². The van der Waals surface area contributed by atoms with E-state index in [1.54, 1.807) is 54.6 Å². The third kappa shape index (κ3) is 8.33. The van der Waals surface area contributed by atoms with Crippen LogP contribution in [0.25, 0.3) is 0 Å². The molecule has 3 rings (SSSR count). The number of carbonyl (C=O) groups excluding carboxylic acids is 2. The van der Waals surface area contributed by atoms with E-state index in [0.717, 1.165) is 28.1 Å². The number of carbonyl (C=O) groups is 2. The Kier molecular flexibility index (Phi) is 10.3. The predicted octanol–water partition coefficient (Wildman–Crippen LogP) is 4.66. The van der Waals surface area contributed by atoms with Gasteiger partial charge in [-0.1, -0.05) is 79.2 Å². The Balaban J connectivity index is 2.03. The van der Waals surface area contributed by atoms with E-state index in [4.69, 9.17) is 11.6 Å². The van der Waals surface area contributed by atoms with Gasteiger partial charge in [-0.25, -0.2) is 8.42 Å². The molecule has 0 aliphatic heterocycles. The highest BCUT2D eigenvalue weighted by molar-refractivity contribution is 7.92. The van der Waals surface area contributed by atoms with Gasteiger partial charge in [-0.05, 0) is 48.7 Å². The van der Waals surface area contributed by atoms with Crippen molar-refractivity contribution in [1.82, 2.24) is 10.2 Å². The summed E-state index contributed by atoms with van der Waals surface area (Å²) in [5.41, 5.74) is 2.02. The Bertz CT molecular complexity index is 1300. The van der Waals surface area contributed by atoms with Crippen LogP contribution in [-0.4, -0.2) is 50.0 Å². The zero-order chi connectivity index (χ0) is 27.7. The number of amides is 2. The molecule has 3 aromatic carbocycles. The first-order chi connectivity index (χ1) is 18.1. The van der Waals surface area contributed by atoms with Crippen molar-refractivity contribution >= 4 is 39.1 Å². The van der Waals surface area contributed by atoms with Crippen LogP contribution in [0.2, 0.25) is 5.02 Å². The third-order valence-electron chi connectivity index (χ3n) is 6.26. The molecule has 0 radical (unpaired) electrons. The molecular formula is C29H34ClN3O4S. The van der Waals surface area contributed by atoms with Crippen molar-refractivity contribution in [2.24, 2.45) is 0 Å². The van der Waals surface area contributed by atoms with E-state index >= 15 is 0 Å². The van der Waals surface area contributed by atoms with Crippen LogP contribution in [0, 0.1) is 0 Å². The van der Waals surface area contributed by atoms with Gasteiger partial charge >= 0.3 is 0 Å². The molecule has 0 heterocycles. The van der Waals surface area contributed by atoms with Crippen LogP contribution in [-0.2, 0) is 32.6 Å². The fraction of sp³-hybridized carbons (Fsp3) is 0.310. The van der Waals surface area contributed by atoms with Gasteiger partial charge in [-0.2, -0.15) is 0 Å². The van der Waals surface area contributed by atoms with Crippen LogP contribution in [0.15, 0.2) is 84.9 Å². The predicted molar refractivity (Wildman–Crippen MR) is 152 cm³/mol. The minimum Gasteiger partial charge on any atom is -0.352 e. The van der Waals surface area contributed by atoms with Crippen LogP contribution in [0.4, 0.5) is 5.69 Å². The maximum absolute atomic E-state index is 14.0. The number of nitrogens with one attached hydrogen (secondary N) is 1. The Hall–Kier alpha value is -3.36. The first-order valence-corrected chi connectivity index (χ1v) is 14.7. The minimum atomic E-state index is -3.78. The first-order valence-electron chi connectivity index (χ1n) is 12.5. The summed E-state index contributed by atoms with van der Waals surface area (Å²) in [7, 11) is -3.78. The highest BCUT2D eigenvalue weighted by atomic mass is 35.5. The molecule has 0 spiro atoms. The van der Waals surface area contributed by atoms with Crippen LogP contribution >= 0.6 is 11.6 Å². The van der Waals surface area contributed by atoms with E-state index in [9.17, 15) is 18.0 Å². The summed E-state index contributed by atoms with van der Waals surface area (Å²) >= 11 is 6.07. The molecule has 1 N–H and O–H groups in total. The molecule has 0 aliphatic carbocycles. The highest BCUT2D eigenvalue weighted by Crippen LogP contribution is 2.21. The summed E-state index contributed by atoms with van der Waals surface area (Å²) in [5, 5.41) is 3.56. The van der Waals surface area contributed by atoms with Crippen molar-refractivity contribution in [3.63, 3.8) is 0 Å². The number of anilines is 1. The molecule has 0 saturated carbocycles. The largest absolute Gasteiger partial charge is 0.352 e. The summed E-state index contributed by atoms with van der Waals surface area (Å²) in [4.78, 5) is 29.0. The normalized spacial score (nSPS) is 12.8. The Morgan fingerprint density at radius 3 is 2.03 bits per heavy atom. The topological polar surface area (TPSA) is 86.8 Å². The van der Waals surface area contributed by atoms with E-state index in [2.05, 4.69) is 5.32 Å². The fourth-order valence-corrected chi connectivity index (χ4v) is 4.97. The number of hydrogen-bond acceptors (Lipinski definition) is 4. The zero-order valence-corrected chi connectivity index (χ0v) is 23.5. The number of benzene rings is 3. The molecular weight excluding hydrogens is 522 g/mol. The lowest BCUT2D eigenvalue weighted by Gasteiger charge is -2.34. The van der Waals surface area contributed by atoms with Gasteiger partial charge in [0.05, 0.1) is 11.9 Å². The lowest BCUT2D eigenvalue weighted by molar-refractivity contribution is -0.140. The monoisotopic (exact) mass is 555 g/mol. The number of halogens is 1. The molecule has 0 unspecified atom stereocenters. The zero-order valence-electron chi connectivity index (χ0n) is 21.9. The van der Waals surface area contributed by atoms with E-state index in [0.29, 0.717) is 10.7 Å². The highest BCUT2D eigenvalue weighted by Gasteiger charge is 2.33. The van der Waals surface area contributed by atoms with Crippen LogP contribution in [0.5, 0.6) is 0 Å². The van der Waals surface area contributed by atoms with Gasteiger partial charge < -0.3 is 10.2 Å². The Morgan fingerprint density at radius 2 is 1.47 bits per heavy atom. The summed E-state index contributed by atoms with van der Waals surface area (Å²) in [6.07, 6.45) is 2.06. The van der Waals surface area contributed by atoms with Gasteiger partial charge in [-0.15, -0.1) is 0 Å². The van der Waals surface area contributed by atoms with Crippen LogP contribution in [0.1, 0.15) is 31.4 Å². The maximum Gasteiger partial charge on any atom is 0.244 e. The molecule has 3 aromatic rings. The second-order valence-electron chi connectivity index (χ2n) is 9.28. The van der Waals surface area contributed by atoms with E-state index in [-0.39, 0.29) is 24.9 Å². The summed E-state index contributed by atoms with van der Waals surface area (Å²) in [6.45, 7) is 3.54. The average molecular weight is 556 g/mol. The SMILES string of the molecule is CC[C@H](C)NC(=O)[C@@H](Cc1ccccc1)N(Cc1ccc(Cl)cc1)C(=O)CN(c1ccccc1)S(C)(=O)=O. The van der Waals surface area contributed by atoms with E-state index < -0.39 is 28.5 Å². The Morgan fingerprint density at radius 1 is 0.895 bits per heavy atom. The summed E-state index contributed by atoms with van der Waals surface area (Å²) in [5.74, 6) is -0.786. The van der Waals surface area contributed by atoms with Crippen molar-refractivity contribution in [2.75, 3.05) is 17.1 Å². The lowest BCUT2D eigenvalue weighted by Crippen LogP contribution is -2.54. The lowest BCUT2D eigenvalue weighted by atomic mass is 10.0. The molecule has 9 heteroatoms. The molecule has 2 amide bonds. The van der Waals surface area contributed by atoms with Crippen LogP contribution in [0.3, 0.4) is 0 Å². The van der Waals surface area contributed by atoms with Crippen LogP contribution < -0.4 is 9.62 Å². The van der Waals surface area contributed by atoms with Crippen molar-refractivity contribution < 1.29 is 18.0 Å². The number of nitrogens with zero attached hydrogens (tertiary/aromatic N) is 2. The fourth-order valence-electron chi connectivity index (χ4n) is 3.99. The number of rotatable bonds is 12. The van der Waals surface area contributed by atoms with Gasteiger partial charge in [0, 0.05) is 24.0 Å². The number of para-hydroxylation sites is 1. The van der Waals surface area contributed by atoms with Crippen molar-refractivity contribution in [2.45, 2.75) is 45.3 Å². The van der Waals surface area contributed by atoms with Gasteiger partial charge in [0.15, 0.2) is 0 Å². The van der Waals surface area contributed by atoms with E-state index in [1.165, 1.54) is 4.90 Å². The van der Waals surface area contributed by atoms with Crippen molar-refractivity contribution in [1.29, 1.82) is 0 Å². The summed E-state index contributed by atoms with van der Waals surface area (Å²) < 4.78 is 26.5. The molecule has 0 saturated heterocycles. The quantitative estimate of drug-likeness (QED) is 0.352. The van der Waals surface area contributed by atoms with Crippen molar-refractivity contribution in [3.05, 3.63) is 101 Å². The molecule has 0 aliphatic rings. The molecule has 2 atom stereocenters. The maximum atomic E-state index is 14.0. The second-order valence-corrected chi connectivity index (χ2v) is 11.6. The van der Waals surface area contributed by atoms with Gasteiger partial charge in [0.2, 0.25) is 21.8 Å². The molecule has 0 bridgehead atoms. The smallest absolute Gasteiger partial charge is 0.244 e. The third-order valence-corrected chi connectivity index (χ3v) is 7.65. The van der Waals surface area contributed by atoms with Crippen molar-refractivity contribution in [3.8, 4) is 0 Å².